The summed E-state index contributed by atoms with van der Waals surface area (Å²) in [6, 6.07) is 1.40. The van der Waals surface area contributed by atoms with Gasteiger partial charge in [-0.05, 0) is 38.0 Å². The van der Waals surface area contributed by atoms with Crippen molar-refractivity contribution in [3.63, 3.8) is 0 Å². The first-order valence-corrected chi connectivity index (χ1v) is 8.24. The van der Waals surface area contributed by atoms with Crippen LogP contribution < -0.4 is 0 Å². The Labute approximate surface area is 123 Å². The molecule has 0 spiro atoms. The highest BCUT2D eigenvalue weighted by Crippen LogP contribution is 2.33. The topological polar surface area (TPSA) is 93.0 Å². The van der Waals surface area contributed by atoms with Crippen molar-refractivity contribution in [1.82, 2.24) is 0 Å². The summed E-state index contributed by atoms with van der Waals surface area (Å²) in [5.41, 5.74) is 1.80. The number of aromatic carboxylic acids is 1. The first-order valence-electron chi connectivity index (χ1n) is 6.59. The van der Waals surface area contributed by atoms with Crippen LogP contribution in [0.4, 0.5) is 0 Å². The fourth-order valence-corrected chi connectivity index (χ4v) is 4.35. The van der Waals surface area contributed by atoms with Crippen LogP contribution in [-0.2, 0) is 14.7 Å². The zero-order valence-corrected chi connectivity index (χ0v) is 13.0. The van der Waals surface area contributed by atoms with Gasteiger partial charge in [-0.15, -0.1) is 0 Å². The van der Waals surface area contributed by atoms with E-state index in [-0.39, 0.29) is 22.6 Å². The highest BCUT2D eigenvalue weighted by molar-refractivity contribution is 7.91. The minimum atomic E-state index is -3.42. The Balaban J connectivity index is 2.83. The van der Waals surface area contributed by atoms with Gasteiger partial charge in [0.1, 0.15) is 6.61 Å². The predicted octanol–water partition coefficient (Wildman–Crippen LogP) is 1.92. The van der Waals surface area contributed by atoms with E-state index in [0.29, 0.717) is 29.0 Å². The van der Waals surface area contributed by atoms with Crippen LogP contribution in [0.5, 0.6) is 0 Å². The quantitative estimate of drug-likeness (QED) is 0.861. The van der Waals surface area contributed by atoms with Crippen LogP contribution in [0.1, 0.15) is 40.4 Å². The maximum Gasteiger partial charge on any atom is 0.335 e. The van der Waals surface area contributed by atoms with E-state index in [9.17, 15) is 18.3 Å². The van der Waals surface area contributed by atoms with Gasteiger partial charge in [-0.3, -0.25) is 0 Å². The Morgan fingerprint density at radius 3 is 2.67 bits per heavy atom. The summed E-state index contributed by atoms with van der Waals surface area (Å²) < 4.78 is 24.6. The smallest absolute Gasteiger partial charge is 0.335 e. The predicted molar refractivity (Wildman–Crippen MR) is 77.7 cm³/mol. The second kappa shape index (κ2) is 5.48. The second-order valence-electron chi connectivity index (χ2n) is 4.90. The van der Waals surface area contributed by atoms with Crippen LogP contribution in [0, 0.1) is 13.8 Å². The summed E-state index contributed by atoms with van der Waals surface area (Å²) in [6.07, 6.45) is 0.221. The maximum atomic E-state index is 12.3. The van der Waals surface area contributed by atoms with Crippen LogP contribution in [0.3, 0.4) is 0 Å². The number of fused-ring (bicyclic) bond motifs is 1. The zero-order chi connectivity index (χ0) is 15.8. The van der Waals surface area contributed by atoms with Crippen molar-refractivity contribution in [2.24, 2.45) is 5.16 Å². The third kappa shape index (κ3) is 2.65. The van der Waals surface area contributed by atoms with Crippen molar-refractivity contribution in [2.45, 2.75) is 32.1 Å². The number of aryl methyl sites for hydroxylation is 1. The summed E-state index contributed by atoms with van der Waals surface area (Å²) in [7, 11) is -3.42. The van der Waals surface area contributed by atoms with E-state index < -0.39 is 15.8 Å². The molecule has 0 unspecified atom stereocenters. The molecule has 1 N–H and O–H groups in total. The molecule has 0 bridgehead atoms. The van der Waals surface area contributed by atoms with Crippen LogP contribution in [0.2, 0.25) is 0 Å². The minimum absolute atomic E-state index is 0.0430. The van der Waals surface area contributed by atoms with E-state index in [2.05, 4.69) is 5.16 Å². The lowest BCUT2D eigenvalue weighted by Crippen LogP contribution is -2.26. The summed E-state index contributed by atoms with van der Waals surface area (Å²) in [4.78, 5) is 16.5. The number of rotatable bonds is 3. The number of carboxylic acid groups (broad SMARTS) is 1. The molecule has 6 nitrogen and oxygen atoms in total. The fourth-order valence-electron chi connectivity index (χ4n) is 2.55. The standard InChI is InChI=1S/C14H17NO5S/c1-4-20-15-11-5-6-21(18,19)13-8(2)7-10(14(16)17)9(3)12(11)13/h7H,4-6H2,1-3H3,(H,16,17). The third-order valence-electron chi connectivity index (χ3n) is 3.47. The lowest BCUT2D eigenvalue weighted by atomic mass is 9.94. The third-order valence-corrected chi connectivity index (χ3v) is 5.36. The lowest BCUT2D eigenvalue weighted by molar-refractivity contribution is 0.0695. The molecule has 1 aromatic rings. The van der Waals surface area contributed by atoms with E-state index in [4.69, 9.17) is 4.84 Å². The number of sulfone groups is 1. The van der Waals surface area contributed by atoms with Gasteiger partial charge in [-0.2, -0.15) is 0 Å². The molecule has 0 amide bonds. The van der Waals surface area contributed by atoms with Crippen molar-refractivity contribution < 1.29 is 23.2 Å². The van der Waals surface area contributed by atoms with Crippen LogP contribution in [0.25, 0.3) is 0 Å². The molecule has 2 rings (SSSR count). The molecule has 0 aliphatic carbocycles. The largest absolute Gasteiger partial charge is 0.478 e. The highest BCUT2D eigenvalue weighted by Gasteiger charge is 2.33. The van der Waals surface area contributed by atoms with Crippen LogP contribution in [-0.4, -0.2) is 37.6 Å². The van der Waals surface area contributed by atoms with Gasteiger partial charge in [-0.25, -0.2) is 13.2 Å². The van der Waals surface area contributed by atoms with Gasteiger partial charge in [0, 0.05) is 12.0 Å². The van der Waals surface area contributed by atoms with E-state index in [1.165, 1.54) is 6.07 Å². The molecule has 0 atom stereocenters. The van der Waals surface area contributed by atoms with Crippen molar-refractivity contribution in [3.8, 4) is 0 Å². The molecule has 114 valence electrons. The van der Waals surface area contributed by atoms with Crippen molar-refractivity contribution in [2.75, 3.05) is 12.4 Å². The Kier molecular flexibility index (Phi) is 4.04. The molecule has 1 aliphatic heterocycles. The first-order chi connectivity index (χ1) is 9.79. The molecule has 0 saturated carbocycles. The summed E-state index contributed by atoms with van der Waals surface area (Å²) in [5, 5.41) is 13.2. The molecule has 1 aliphatic rings. The Bertz CT molecular complexity index is 734. The van der Waals surface area contributed by atoms with Crippen molar-refractivity contribution in [1.29, 1.82) is 0 Å². The summed E-state index contributed by atoms with van der Waals surface area (Å²) >= 11 is 0. The Morgan fingerprint density at radius 1 is 1.43 bits per heavy atom. The molecule has 0 aromatic heterocycles. The van der Waals surface area contributed by atoms with E-state index in [1.54, 1.807) is 20.8 Å². The molecule has 7 heteroatoms. The van der Waals surface area contributed by atoms with Gasteiger partial charge in [0.2, 0.25) is 0 Å². The molecule has 0 fully saturated rings. The average Bonchev–Trinajstić information content (AvgIpc) is 2.40. The zero-order valence-electron chi connectivity index (χ0n) is 12.1. The number of carboxylic acids is 1. The number of hydrogen-bond donors (Lipinski definition) is 1. The highest BCUT2D eigenvalue weighted by atomic mass is 32.2. The first kappa shape index (κ1) is 15.5. The van der Waals surface area contributed by atoms with E-state index in [1.807, 2.05) is 0 Å². The monoisotopic (exact) mass is 311 g/mol. The Morgan fingerprint density at radius 2 is 2.10 bits per heavy atom. The van der Waals surface area contributed by atoms with E-state index in [0.717, 1.165) is 0 Å². The van der Waals surface area contributed by atoms with E-state index >= 15 is 0 Å². The molecule has 0 saturated heterocycles. The Hall–Kier alpha value is -1.89. The number of hydrogen-bond acceptors (Lipinski definition) is 5. The van der Waals surface area contributed by atoms with Gasteiger partial charge < -0.3 is 9.94 Å². The number of benzene rings is 1. The molecular weight excluding hydrogens is 294 g/mol. The summed E-state index contributed by atoms with van der Waals surface area (Å²) in [6.45, 7) is 5.34. The normalized spacial score (nSPS) is 18.3. The molecule has 0 radical (unpaired) electrons. The molecule has 1 aromatic carbocycles. The molecule has 1 heterocycles. The number of carbonyl (C=O) groups is 1. The van der Waals surface area contributed by atoms with Gasteiger partial charge >= 0.3 is 5.97 Å². The van der Waals surface area contributed by atoms with Gasteiger partial charge in [0.05, 0.1) is 21.9 Å². The molecular formula is C14H17NO5S. The van der Waals surface area contributed by atoms with Crippen molar-refractivity contribution in [3.05, 3.63) is 28.3 Å². The van der Waals surface area contributed by atoms with Crippen LogP contribution >= 0.6 is 0 Å². The molecule has 21 heavy (non-hydrogen) atoms. The fraction of sp³-hybridized carbons (Fsp3) is 0.429. The van der Waals surface area contributed by atoms with Gasteiger partial charge in [0.25, 0.3) is 0 Å². The number of oxime groups is 1. The second-order valence-corrected chi connectivity index (χ2v) is 6.95. The lowest BCUT2D eigenvalue weighted by Gasteiger charge is -2.23. The van der Waals surface area contributed by atoms with Gasteiger partial charge in [-0.1, -0.05) is 5.16 Å². The van der Waals surface area contributed by atoms with Gasteiger partial charge in [0.15, 0.2) is 9.84 Å². The summed E-state index contributed by atoms with van der Waals surface area (Å²) in [5.74, 6) is -1.13. The maximum absolute atomic E-state index is 12.3. The van der Waals surface area contributed by atoms with Crippen molar-refractivity contribution >= 4 is 21.5 Å². The average molecular weight is 311 g/mol. The van der Waals surface area contributed by atoms with Crippen LogP contribution in [0.15, 0.2) is 16.1 Å². The number of nitrogens with zero attached hydrogens (tertiary/aromatic N) is 1. The SMILES string of the molecule is CCON=C1CCS(=O)(=O)c2c(C)cc(C(=O)O)c(C)c21. The minimum Gasteiger partial charge on any atom is -0.478 e.